The molecule has 0 radical (unpaired) electrons. The Bertz CT molecular complexity index is 1400. The maximum absolute atomic E-state index is 13.3. The van der Waals surface area contributed by atoms with Crippen LogP contribution in [0.25, 0.3) is 0 Å². The second-order valence-electron chi connectivity index (χ2n) is 14.5. The van der Waals surface area contributed by atoms with E-state index in [1.807, 2.05) is 65.3 Å². The number of likely N-dealkylation sites (tertiary alicyclic amines) is 2. The van der Waals surface area contributed by atoms with Crippen molar-refractivity contribution in [3.8, 4) is 0 Å². The van der Waals surface area contributed by atoms with Crippen molar-refractivity contribution < 1.29 is 29.0 Å². The van der Waals surface area contributed by atoms with Gasteiger partial charge in [-0.2, -0.15) is 0 Å². The van der Waals surface area contributed by atoms with Gasteiger partial charge in [0.05, 0.1) is 23.4 Å². The number of nitrogens with zero attached hydrogens (tertiary/aromatic N) is 2. The van der Waals surface area contributed by atoms with Crippen LogP contribution in [0.2, 0.25) is 10.0 Å². The third kappa shape index (κ3) is 9.04. The van der Waals surface area contributed by atoms with Gasteiger partial charge >= 0.3 is 5.97 Å². The van der Waals surface area contributed by atoms with E-state index in [1.165, 1.54) is 12.8 Å². The first-order valence-electron chi connectivity index (χ1n) is 18.7. The van der Waals surface area contributed by atoms with Gasteiger partial charge in [0.25, 0.3) is 0 Å². The van der Waals surface area contributed by atoms with E-state index in [0.717, 1.165) is 102 Å². The quantitative estimate of drug-likeness (QED) is 0.300. The highest BCUT2D eigenvalue weighted by molar-refractivity contribution is 6.30. The molecule has 1 N–H and O–H groups in total. The van der Waals surface area contributed by atoms with Gasteiger partial charge in [0.1, 0.15) is 0 Å². The zero-order valence-corrected chi connectivity index (χ0v) is 31.1. The monoisotopic (exact) mass is 728 g/mol. The van der Waals surface area contributed by atoms with Crippen LogP contribution < -0.4 is 0 Å². The number of hydrogen-bond donors (Lipinski definition) is 1. The minimum atomic E-state index is -0.429. The summed E-state index contributed by atoms with van der Waals surface area (Å²) in [6.45, 7) is 7.11. The highest BCUT2D eigenvalue weighted by Gasteiger charge is 2.49. The SMILES string of the molecule is C1CCOC1.CCOC(=O)[C@H]1CCCN(C(=O)C2(c3ccc(Cl)cc3)CCC2)C1.O=C(N1CCC[C@H](CO)C1)C1(c2ccc(Cl)cc2)CCC1. The van der Waals surface area contributed by atoms with Crippen LogP contribution in [0.15, 0.2) is 48.5 Å². The van der Waals surface area contributed by atoms with E-state index in [1.54, 1.807) is 0 Å². The molecule has 10 heteroatoms. The van der Waals surface area contributed by atoms with Crippen molar-refractivity contribution in [1.82, 2.24) is 9.80 Å². The highest BCUT2D eigenvalue weighted by atomic mass is 35.5. The van der Waals surface area contributed by atoms with Crippen molar-refractivity contribution in [2.45, 2.75) is 94.8 Å². The molecule has 274 valence electrons. The predicted molar refractivity (Wildman–Crippen MR) is 196 cm³/mol. The van der Waals surface area contributed by atoms with E-state index in [4.69, 9.17) is 32.7 Å². The molecule has 3 heterocycles. The molecular weight excluding hydrogens is 675 g/mol. The van der Waals surface area contributed by atoms with Crippen LogP contribution >= 0.6 is 23.2 Å². The van der Waals surface area contributed by atoms with Crippen LogP contribution in [0.3, 0.4) is 0 Å². The number of aliphatic hydroxyl groups excluding tert-OH is 1. The average Bonchev–Trinajstić information content (AvgIpc) is 3.70. The molecule has 0 spiro atoms. The zero-order valence-electron chi connectivity index (χ0n) is 29.6. The number of amides is 2. The Morgan fingerprint density at radius 1 is 0.740 bits per heavy atom. The van der Waals surface area contributed by atoms with Crippen LogP contribution in [0.5, 0.6) is 0 Å². The Morgan fingerprint density at radius 3 is 1.62 bits per heavy atom. The molecule has 3 saturated heterocycles. The molecule has 0 unspecified atom stereocenters. The number of piperidine rings is 2. The molecule has 2 atom stereocenters. The zero-order chi connectivity index (χ0) is 35.6. The third-order valence-electron chi connectivity index (χ3n) is 11.2. The van der Waals surface area contributed by atoms with Crippen molar-refractivity contribution in [2.75, 3.05) is 52.6 Å². The molecule has 2 aromatic carbocycles. The van der Waals surface area contributed by atoms with Gasteiger partial charge in [-0.15, -0.1) is 0 Å². The minimum absolute atomic E-state index is 0.157. The van der Waals surface area contributed by atoms with Crippen LogP contribution in [0.4, 0.5) is 0 Å². The van der Waals surface area contributed by atoms with Crippen molar-refractivity contribution in [3.63, 3.8) is 0 Å². The molecule has 7 rings (SSSR count). The van der Waals surface area contributed by atoms with Gasteiger partial charge in [0.2, 0.25) is 11.8 Å². The lowest BCUT2D eigenvalue weighted by atomic mass is 9.63. The number of carbonyl (C=O) groups is 3. The second kappa shape index (κ2) is 18.2. The van der Waals surface area contributed by atoms with Gasteiger partial charge in [-0.3, -0.25) is 14.4 Å². The summed E-state index contributed by atoms with van der Waals surface area (Å²) in [6.07, 6.45) is 12.0. The first-order chi connectivity index (χ1) is 24.2. The molecule has 3 aliphatic heterocycles. The van der Waals surface area contributed by atoms with Crippen LogP contribution in [-0.2, 0) is 34.7 Å². The van der Waals surface area contributed by atoms with Crippen molar-refractivity contribution >= 4 is 41.0 Å². The molecule has 0 aromatic heterocycles. The standard InChI is InChI=1S/C19H24ClNO3.C17H22ClNO2.C4H8O/c1-2-24-17(22)14-5-3-12-21(13-14)18(23)19(10-4-11-19)15-6-8-16(20)9-7-15;18-15-6-4-14(5-7-15)17(8-2-9-17)16(21)19-10-1-3-13(11-19)12-20;1-2-4-5-3-1/h6-9,14H,2-5,10-13H2,1H3;4-7,13,20H,1-3,8-12H2;1-4H2/t14-;13-;/m00./s1. The number of aliphatic hydroxyl groups is 1. The molecule has 5 fully saturated rings. The molecule has 2 aromatic rings. The lowest BCUT2D eigenvalue weighted by Gasteiger charge is -2.45. The molecule has 2 amide bonds. The highest BCUT2D eigenvalue weighted by Crippen LogP contribution is 2.47. The van der Waals surface area contributed by atoms with Crippen molar-refractivity contribution in [2.24, 2.45) is 11.8 Å². The Labute approximate surface area is 307 Å². The maximum atomic E-state index is 13.3. The van der Waals surface area contributed by atoms with Crippen molar-refractivity contribution in [1.29, 1.82) is 0 Å². The molecule has 2 aliphatic carbocycles. The first-order valence-corrected chi connectivity index (χ1v) is 19.4. The summed E-state index contributed by atoms with van der Waals surface area (Å²) in [7, 11) is 0. The van der Waals surface area contributed by atoms with E-state index in [2.05, 4.69) is 0 Å². The number of benzene rings is 2. The fourth-order valence-corrected chi connectivity index (χ4v) is 8.23. The fraction of sp³-hybridized carbons (Fsp3) is 0.625. The summed E-state index contributed by atoms with van der Waals surface area (Å²) in [5.41, 5.74) is 1.36. The predicted octanol–water partition coefficient (Wildman–Crippen LogP) is 7.35. The molecule has 50 heavy (non-hydrogen) atoms. The summed E-state index contributed by atoms with van der Waals surface area (Å²) in [5.74, 6) is 0.276. The van der Waals surface area contributed by atoms with Gasteiger partial charge in [0, 0.05) is 56.0 Å². The number of rotatable bonds is 7. The lowest BCUT2D eigenvalue weighted by Crippen LogP contribution is -2.54. The molecule has 8 nitrogen and oxygen atoms in total. The minimum Gasteiger partial charge on any atom is -0.466 e. The Kier molecular flexibility index (Phi) is 14.1. The van der Waals surface area contributed by atoms with Gasteiger partial charge in [-0.1, -0.05) is 60.3 Å². The summed E-state index contributed by atoms with van der Waals surface area (Å²) in [5, 5.41) is 10.7. The van der Waals surface area contributed by atoms with Gasteiger partial charge in [-0.25, -0.2) is 0 Å². The Balaban J connectivity index is 0.000000171. The topological polar surface area (TPSA) is 96.4 Å². The second-order valence-corrected chi connectivity index (χ2v) is 15.4. The Morgan fingerprint density at radius 2 is 1.22 bits per heavy atom. The normalized spacial score (nSPS) is 23.5. The van der Waals surface area contributed by atoms with Crippen LogP contribution in [-0.4, -0.2) is 85.3 Å². The van der Waals surface area contributed by atoms with E-state index in [0.29, 0.717) is 29.7 Å². The van der Waals surface area contributed by atoms with E-state index in [-0.39, 0.29) is 41.6 Å². The number of hydrogen-bond acceptors (Lipinski definition) is 6. The van der Waals surface area contributed by atoms with E-state index < -0.39 is 5.41 Å². The number of ether oxygens (including phenoxy) is 2. The molecule has 2 saturated carbocycles. The summed E-state index contributed by atoms with van der Waals surface area (Å²) in [4.78, 5) is 42.2. The largest absolute Gasteiger partial charge is 0.466 e. The number of esters is 1. The molecular formula is C40H54Cl2N2O6. The lowest BCUT2D eigenvalue weighted by molar-refractivity contribution is -0.153. The van der Waals surface area contributed by atoms with Gasteiger partial charge < -0.3 is 24.4 Å². The summed E-state index contributed by atoms with van der Waals surface area (Å²) < 4.78 is 10.1. The van der Waals surface area contributed by atoms with E-state index in [9.17, 15) is 19.5 Å². The first kappa shape index (κ1) is 38.6. The fourth-order valence-electron chi connectivity index (χ4n) is 7.98. The molecule has 5 aliphatic rings. The summed E-state index contributed by atoms with van der Waals surface area (Å²) >= 11 is 12.0. The molecule has 0 bridgehead atoms. The van der Waals surface area contributed by atoms with Crippen LogP contribution in [0, 0.1) is 11.8 Å². The average molecular weight is 730 g/mol. The Hall–Kier alpha value is -2.65. The maximum Gasteiger partial charge on any atom is 0.310 e. The smallest absolute Gasteiger partial charge is 0.310 e. The van der Waals surface area contributed by atoms with Crippen molar-refractivity contribution in [3.05, 3.63) is 69.7 Å². The number of halogens is 2. The van der Waals surface area contributed by atoms with Gasteiger partial charge in [-0.05, 0) is 112 Å². The van der Waals surface area contributed by atoms with Crippen LogP contribution in [0.1, 0.15) is 95.1 Å². The summed E-state index contributed by atoms with van der Waals surface area (Å²) in [6, 6.07) is 15.4. The number of carbonyl (C=O) groups excluding carboxylic acids is 3. The van der Waals surface area contributed by atoms with Gasteiger partial charge in [0.15, 0.2) is 0 Å². The third-order valence-corrected chi connectivity index (χ3v) is 11.8. The van der Waals surface area contributed by atoms with E-state index >= 15 is 0 Å².